The first-order valence-electron chi connectivity index (χ1n) is 7.49. The van der Waals surface area contributed by atoms with Crippen molar-refractivity contribution in [2.45, 2.75) is 13.0 Å². The van der Waals surface area contributed by atoms with Crippen molar-refractivity contribution >= 4 is 23.1 Å². The minimum Gasteiger partial charge on any atom is -0.503 e. The fourth-order valence-corrected chi connectivity index (χ4v) is 3.00. The number of hydrogen-bond acceptors (Lipinski definition) is 5. The summed E-state index contributed by atoms with van der Waals surface area (Å²) in [6, 6.07) is 13.2. The largest absolute Gasteiger partial charge is 0.503 e. The molecule has 0 aliphatic carbocycles. The molecule has 0 spiro atoms. The summed E-state index contributed by atoms with van der Waals surface area (Å²) >= 11 is 0. The number of ketones is 1. The van der Waals surface area contributed by atoms with Crippen LogP contribution >= 0.6 is 0 Å². The molecule has 1 aliphatic heterocycles. The zero-order valence-electron chi connectivity index (χ0n) is 13.2. The Hall–Kier alpha value is -3.48. The Morgan fingerprint density at radius 3 is 2.32 bits per heavy atom. The van der Waals surface area contributed by atoms with Crippen LogP contribution in [0.15, 0.2) is 65.9 Å². The maximum atomic E-state index is 12.6. The molecule has 1 amide bonds. The van der Waals surface area contributed by atoms with Crippen molar-refractivity contribution in [3.63, 3.8) is 0 Å². The molecule has 0 saturated heterocycles. The average molecular weight is 338 g/mol. The Bertz CT molecular complexity index is 905. The van der Waals surface area contributed by atoms with E-state index in [-0.39, 0.29) is 16.8 Å². The molecule has 7 heteroatoms. The van der Waals surface area contributed by atoms with Crippen LogP contribution in [-0.2, 0) is 9.59 Å². The average Bonchev–Trinajstić information content (AvgIpc) is 2.87. The monoisotopic (exact) mass is 338 g/mol. The minimum atomic E-state index is -1.06. The number of anilines is 1. The lowest BCUT2D eigenvalue weighted by Crippen LogP contribution is -2.31. The summed E-state index contributed by atoms with van der Waals surface area (Å²) in [5.41, 5.74) is 0.218. The number of hydrogen-bond donors (Lipinski definition) is 1. The molecule has 1 heterocycles. The first-order valence-corrected chi connectivity index (χ1v) is 7.49. The van der Waals surface area contributed by atoms with Gasteiger partial charge in [-0.2, -0.15) is 0 Å². The topological polar surface area (TPSA) is 101 Å². The third-order valence-corrected chi connectivity index (χ3v) is 4.05. The standard InChI is InChI=1S/C18H14N2O5/c1-11(21)15-16(13-9-5-6-10-14(13)20(24)25)19(18(23)17(15)22)12-7-3-2-4-8-12/h2-10,16,22H,1H3/t16-/m0/s1. The van der Waals surface area contributed by atoms with Crippen LogP contribution in [0, 0.1) is 10.1 Å². The lowest BCUT2D eigenvalue weighted by atomic mass is 9.95. The summed E-state index contributed by atoms with van der Waals surface area (Å²) in [7, 11) is 0. The molecule has 25 heavy (non-hydrogen) atoms. The Morgan fingerprint density at radius 2 is 1.72 bits per heavy atom. The van der Waals surface area contributed by atoms with Crippen molar-refractivity contribution in [2.75, 3.05) is 4.90 Å². The maximum Gasteiger partial charge on any atom is 0.294 e. The van der Waals surface area contributed by atoms with Crippen LogP contribution in [0.25, 0.3) is 0 Å². The van der Waals surface area contributed by atoms with E-state index in [0.29, 0.717) is 5.69 Å². The normalized spacial score (nSPS) is 17.1. The Kier molecular flexibility index (Phi) is 4.06. The summed E-state index contributed by atoms with van der Waals surface area (Å²) in [6.07, 6.45) is 0. The third kappa shape index (κ3) is 2.65. The van der Waals surface area contributed by atoms with Gasteiger partial charge in [-0.05, 0) is 25.1 Å². The second kappa shape index (κ2) is 6.20. The van der Waals surface area contributed by atoms with Crippen molar-refractivity contribution < 1.29 is 19.6 Å². The van der Waals surface area contributed by atoms with Gasteiger partial charge in [0, 0.05) is 11.8 Å². The van der Waals surface area contributed by atoms with Gasteiger partial charge in [-0.1, -0.05) is 30.3 Å². The van der Waals surface area contributed by atoms with Gasteiger partial charge in [0.25, 0.3) is 11.6 Å². The van der Waals surface area contributed by atoms with Crippen LogP contribution in [-0.4, -0.2) is 21.7 Å². The lowest BCUT2D eigenvalue weighted by molar-refractivity contribution is -0.385. The summed E-state index contributed by atoms with van der Waals surface area (Å²) in [4.78, 5) is 36.7. The molecule has 3 rings (SSSR count). The number of carbonyl (C=O) groups excluding carboxylic acids is 2. The lowest BCUT2D eigenvalue weighted by Gasteiger charge is -2.26. The molecule has 0 fully saturated rings. The highest BCUT2D eigenvalue weighted by Crippen LogP contribution is 2.43. The number of para-hydroxylation sites is 2. The molecule has 1 atom stereocenters. The van der Waals surface area contributed by atoms with Crippen molar-refractivity contribution in [1.29, 1.82) is 0 Å². The van der Waals surface area contributed by atoms with Crippen LogP contribution in [0.4, 0.5) is 11.4 Å². The quantitative estimate of drug-likeness (QED) is 0.682. The summed E-state index contributed by atoms with van der Waals surface area (Å²) < 4.78 is 0. The molecule has 2 aromatic rings. The van der Waals surface area contributed by atoms with Crippen LogP contribution in [0.2, 0.25) is 0 Å². The van der Waals surface area contributed by atoms with E-state index < -0.39 is 28.4 Å². The number of aliphatic hydroxyl groups is 1. The predicted molar refractivity (Wildman–Crippen MR) is 90.1 cm³/mol. The molecule has 2 aromatic carbocycles. The number of rotatable bonds is 4. The van der Waals surface area contributed by atoms with Gasteiger partial charge >= 0.3 is 0 Å². The van der Waals surface area contributed by atoms with Crippen LogP contribution in [0.5, 0.6) is 0 Å². The second-order valence-electron chi connectivity index (χ2n) is 5.55. The number of benzene rings is 2. The number of nitro groups is 1. The van der Waals surface area contributed by atoms with Gasteiger partial charge in [-0.25, -0.2) is 0 Å². The van der Waals surface area contributed by atoms with Crippen molar-refractivity contribution in [3.8, 4) is 0 Å². The first kappa shape index (κ1) is 16.4. The fourth-order valence-electron chi connectivity index (χ4n) is 3.00. The van der Waals surface area contributed by atoms with E-state index in [4.69, 9.17) is 0 Å². The van der Waals surface area contributed by atoms with Gasteiger partial charge in [0.1, 0.15) is 6.04 Å². The van der Waals surface area contributed by atoms with Crippen LogP contribution in [0.3, 0.4) is 0 Å². The minimum absolute atomic E-state index is 0.150. The summed E-state index contributed by atoms with van der Waals surface area (Å²) in [5, 5.41) is 21.6. The van der Waals surface area contributed by atoms with E-state index in [2.05, 4.69) is 0 Å². The highest BCUT2D eigenvalue weighted by Gasteiger charge is 2.45. The zero-order valence-corrected chi connectivity index (χ0v) is 13.2. The molecular formula is C18H14N2O5. The number of nitrogens with zero attached hydrogens (tertiary/aromatic N) is 2. The summed E-state index contributed by atoms with van der Waals surface area (Å²) in [5.74, 6) is -1.97. The van der Waals surface area contributed by atoms with E-state index in [1.165, 1.54) is 30.0 Å². The molecule has 0 aromatic heterocycles. The van der Waals surface area contributed by atoms with Gasteiger partial charge < -0.3 is 5.11 Å². The fraction of sp³-hybridized carbons (Fsp3) is 0.111. The van der Waals surface area contributed by atoms with E-state index in [1.54, 1.807) is 36.4 Å². The molecule has 1 aliphatic rings. The molecular weight excluding hydrogens is 324 g/mol. The number of Topliss-reactive ketones (excluding diaryl/α,β-unsaturated/α-hetero) is 1. The first-order chi connectivity index (χ1) is 11.9. The Morgan fingerprint density at radius 1 is 1.12 bits per heavy atom. The Balaban J connectivity index is 2.26. The number of carbonyl (C=O) groups is 2. The van der Waals surface area contributed by atoms with Crippen LogP contribution < -0.4 is 4.90 Å². The number of aliphatic hydroxyl groups excluding tert-OH is 1. The van der Waals surface area contributed by atoms with Gasteiger partial charge in [0.05, 0.1) is 16.1 Å². The second-order valence-corrected chi connectivity index (χ2v) is 5.55. The molecule has 0 radical (unpaired) electrons. The van der Waals surface area contributed by atoms with E-state index >= 15 is 0 Å². The molecule has 0 saturated carbocycles. The van der Waals surface area contributed by atoms with Gasteiger partial charge in [0.2, 0.25) is 0 Å². The van der Waals surface area contributed by atoms with Crippen molar-refractivity contribution in [1.82, 2.24) is 0 Å². The van der Waals surface area contributed by atoms with E-state index in [1.807, 2.05) is 0 Å². The molecule has 1 N–H and O–H groups in total. The highest BCUT2D eigenvalue weighted by molar-refractivity contribution is 6.16. The van der Waals surface area contributed by atoms with Gasteiger partial charge in [0.15, 0.2) is 11.5 Å². The Labute approximate surface area is 143 Å². The van der Waals surface area contributed by atoms with Gasteiger partial charge in [-0.3, -0.25) is 24.6 Å². The molecule has 126 valence electrons. The number of nitro benzene ring substituents is 1. The molecule has 7 nitrogen and oxygen atoms in total. The number of amides is 1. The smallest absolute Gasteiger partial charge is 0.294 e. The molecule has 0 bridgehead atoms. The maximum absolute atomic E-state index is 12.6. The SMILES string of the molecule is CC(=O)C1=C(O)C(=O)N(c2ccccc2)[C@H]1c1ccccc1[N+](=O)[O-]. The molecule has 0 unspecified atom stereocenters. The highest BCUT2D eigenvalue weighted by atomic mass is 16.6. The van der Waals surface area contributed by atoms with Crippen molar-refractivity contribution in [3.05, 3.63) is 81.6 Å². The third-order valence-electron chi connectivity index (χ3n) is 4.05. The van der Waals surface area contributed by atoms with E-state index in [9.17, 15) is 24.8 Å². The van der Waals surface area contributed by atoms with Gasteiger partial charge in [-0.15, -0.1) is 0 Å². The van der Waals surface area contributed by atoms with E-state index in [0.717, 1.165) is 0 Å². The predicted octanol–water partition coefficient (Wildman–Crippen LogP) is 3.08. The van der Waals surface area contributed by atoms with Crippen molar-refractivity contribution in [2.24, 2.45) is 0 Å². The van der Waals surface area contributed by atoms with Crippen LogP contribution in [0.1, 0.15) is 18.5 Å². The summed E-state index contributed by atoms with van der Waals surface area (Å²) in [6.45, 7) is 1.22. The zero-order chi connectivity index (χ0) is 18.1.